The molecule has 2 aromatic carbocycles. The van der Waals surface area contributed by atoms with Crippen LogP contribution in [0.25, 0.3) is 0 Å². The van der Waals surface area contributed by atoms with Gasteiger partial charge in [-0.05, 0) is 23.3 Å². The van der Waals surface area contributed by atoms with Crippen molar-refractivity contribution in [2.45, 2.75) is 19.0 Å². The summed E-state index contributed by atoms with van der Waals surface area (Å²) in [6.45, 7) is 0.442. The van der Waals surface area contributed by atoms with Crippen LogP contribution in [-0.2, 0) is 11.3 Å². The Kier molecular flexibility index (Phi) is 6.21. The number of hydrogen-bond acceptors (Lipinski definition) is 2. The lowest BCUT2D eigenvalue weighted by molar-refractivity contribution is -0.130. The van der Waals surface area contributed by atoms with Crippen molar-refractivity contribution < 1.29 is 9.59 Å². The van der Waals surface area contributed by atoms with E-state index >= 15 is 0 Å². The number of primary amides is 1. The number of nitrogens with zero attached hydrogens (tertiary/aromatic N) is 1. The molecular weight excluding hydrogens is 326 g/mol. The van der Waals surface area contributed by atoms with Crippen LogP contribution in [0.15, 0.2) is 54.6 Å². The summed E-state index contributed by atoms with van der Waals surface area (Å²) in [6, 6.07) is 15.5. The third-order valence-corrected chi connectivity index (χ3v) is 3.87. The van der Waals surface area contributed by atoms with Crippen LogP contribution < -0.4 is 11.1 Å². The molecule has 0 aliphatic heterocycles. The largest absolute Gasteiger partial charge is 0.352 e. The Morgan fingerprint density at radius 3 is 2.50 bits per heavy atom. The minimum Gasteiger partial charge on any atom is -0.352 e. The summed E-state index contributed by atoms with van der Waals surface area (Å²) >= 11 is 5.96. The summed E-state index contributed by atoms with van der Waals surface area (Å²) in [5.41, 5.74) is 7.01. The number of carbonyl (C=O) groups excluding carboxylic acids is 2. The number of amides is 3. The average Bonchev–Trinajstić information content (AvgIpc) is 2.54. The molecule has 24 heavy (non-hydrogen) atoms. The van der Waals surface area contributed by atoms with Crippen molar-refractivity contribution in [3.05, 3.63) is 70.7 Å². The highest BCUT2D eigenvalue weighted by Gasteiger charge is 2.19. The van der Waals surface area contributed by atoms with E-state index in [1.54, 1.807) is 18.0 Å². The quantitative estimate of drug-likeness (QED) is 0.844. The van der Waals surface area contributed by atoms with E-state index in [1.165, 1.54) is 0 Å². The number of nitrogens with two attached hydrogens (primary N) is 1. The van der Waals surface area contributed by atoms with Gasteiger partial charge in [0.15, 0.2) is 0 Å². The number of carbonyl (C=O) groups is 2. The molecule has 0 radical (unpaired) electrons. The van der Waals surface area contributed by atoms with Crippen molar-refractivity contribution in [1.82, 2.24) is 10.2 Å². The molecule has 0 aromatic heterocycles. The Balaban J connectivity index is 2.05. The van der Waals surface area contributed by atoms with E-state index < -0.39 is 12.1 Å². The number of hydrogen-bond donors (Lipinski definition) is 2. The monoisotopic (exact) mass is 345 g/mol. The Hall–Kier alpha value is -2.53. The van der Waals surface area contributed by atoms with Crippen molar-refractivity contribution in [2.75, 3.05) is 7.05 Å². The van der Waals surface area contributed by atoms with Gasteiger partial charge in [-0.1, -0.05) is 54.1 Å². The number of nitrogens with one attached hydrogen (secondary N) is 1. The lowest BCUT2D eigenvalue weighted by Crippen LogP contribution is -2.37. The van der Waals surface area contributed by atoms with Crippen molar-refractivity contribution in [2.24, 2.45) is 5.73 Å². The van der Waals surface area contributed by atoms with E-state index in [0.717, 1.165) is 11.1 Å². The van der Waals surface area contributed by atoms with Gasteiger partial charge in [-0.15, -0.1) is 0 Å². The molecule has 0 heterocycles. The predicted octanol–water partition coefficient (Wildman–Crippen LogP) is 3.10. The maximum absolute atomic E-state index is 12.5. The van der Waals surface area contributed by atoms with E-state index in [9.17, 15) is 9.59 Å². The zero-order valence-electron chi connectivity index (χ0n) is 13.4. The molecule has 0 aliphatic rings. The molecule has 0 aliphatic carbocycles. The highest BCUT2D eigenvalue weighted by Crippen LogP contribution is 2.18. The fraction of sp³-hybridized carbons (Fsp3) is 0.222. The van der Waals surface area contributed by atoms with Crippen molar-refractivity contribution in [3.63, 3.8) is 0 Å². The number of urea groups is 1. The van der Waals surface area contributed by atoms with Crippen LogP contribution in [0.1, 0.15) is 23.6 Å². The molecule has 0 unspecified atom stereocenters. The Labute approximate surface area is 146 Å². The molecule has 0 saturated carbocycles. The molecule has 0 saturated heterocycles. The molecule has 2 aromatic rings. The molecule has 126 valence electrons. The van der Waals surface area contributed by atoms with Gasteiger partial charge in [0, 0.05) is 18.6 Å². The topological polar surface area (TPSA) is 75.4 Å². The number of benzene rings is 2. The SMILES string of the molecule is CN(Cc1cccc(Cl)c1)C(=O)C[C@H](NC(N)=O)c1ccccc1. The first-order valence-electron chi connectivity index (χ1n) is 7.55. The van der Waals surface area contributed by atoms with Crippen LogP contribution >= 0.6 is 11.6 Å². The normalized spacial score (nSPS) is 11.6. The molecular formula is C18H20ClN3O2. The van der Waals surface area contributed by atoms with Gasteiger partial charge in [0.25, 0.3) is 0 Å². The molecule has 2 rings (SSSR count). The van der Waals surface area contributed by atoms with Gasteiger partial charge >= 0.3 is 6.03 Å². The van der Waals surface area contributed by atoms with Gasteiger partial charge in [-0.3, -0.25) is 4.79 Å². The Morgan fingerprint density at radius 1 is 1.17 bits per heavy atom. The highest BCUT2D eigenvalue weighted by molar-refractivity contribution is 6.30. The number of rotatable bonds is 6. The second kappa shape index (κ2) is 8.36. The van der Waals surface area contributed by atoms with E-state index in [4.69, 9.17) is 17.3 Å². The zero-order valence-corrected chi connectivity index (χ0v) is 14.2. The van der Waals surface area contributed by atoms with E-state index in [-0.39, 0.29) is 12.3 Å². The van der Waals surface area contributed by atoms with Gasteiger partial charge in [0.2, 0.25) is 5.91 Å². The van der Waals surface area contributed by atoms with E-state index in [0.29, 0.717) is 11.6 Å². The highest BCUT2D eigenvalue weighted by atomic mass is 35.5. The standard InChI is InChI=1S/C18H20ClN3O2/c1-22(12-13-6-5-9-15(19)10-13)17(23)11-16(21-18(20)24)14-7-3-2-4-8-14/h2-10,16H,11-12H2,1H3,(H3,20,21,24)/t16-/m0/s1. The predicted molar refractivity (Wildman–Crippen MR) is 94.4 cm³/mol. The average molecular weight is 346 g/mol. The van der Waals surface area contributed by atoms with Crippen LogP contribution in [0.4, 0.5) is 4.79 Å². The van der Waals surface area contributed by atoms with Crippen molar-refractivity contribution in [3.8, 4) is 0 Å². The molecule has 5 nitrogen and oxygen atoms in total. The molecule has 6 heteroatoms. The Bertz CT molecular complexity index is 706. The molecule has 0 fully saturated rings. The van der Waals surface area contributed by atoms with Crippen LogP contribution in [0.2, 0.25) is 5.02 Å². The van der Waals surface area contributed by atoms with E-state index in [2.05, 4.69) is 5.32 Å². The van der Waals surface area contributed by atoms with Crippen LogP contribution in [-0.4, -0.2) is 23.9 Å². The van der Waals surface area contributed by atoms with Crippen LogP contribution in [0, 0.1) is 0 Å². The van der Waals surface area contributed by atoms with Gasteiger partial charge in [-0.25, -0.2) is 4.79 Å². The van der Waals surface area contributed by atoms with Gasteiger partial charge in [-0.2, -0.15) is 0 Å². The smallest absolute Gasteiger partial charge is 0.312 e. The van der Waals surface area contributed by atoms with E-state index in [1.807, 2.05) is 48.5 Å². The second-order valence-electron chi connectivity index (χ2n) is 5.56. The molecule has 3 amide bonds. The minimum atomic E-state index is -0.658. The first-order valence-corrected chi connectivity index (χ1v) is 7.93. The third-order valence-electron chi connectivity index (χ3n) is 3.63. The van der Waals surface area contributed by atoms with Crippen LogP contribution in [0.3, 0.4) is 0 Å². The molecule has 1 atom stereocenters. The van der Waals surface area contributed by atoms with Gasteiger partial charge < -0.3 is 16.0 Å². The maximum atomic E-state index is 12.5. The van der Waals surface area contributed by atoms with Crippen LogP contribution in [0.5, 0.6) is 0 Å². The van der Waals surface area contributed by atoms with Crippen molar-refractivity contribution in [1.29, 1.82) is 0 Å². The maximum Gasteiger partial charge on any atom is 0.312 e. The molecule has 0 spiro atoms. The summed E-state index contributed by atoms with van der Waals surface area (Å²) in [5, 5.41) is 3.26. The molecule has 3 N–H and O–H groups in total. The third kappa shape index (κ3) is 5.28. The Morgan fingerprint density at radius 2 is 1.88 bits per heavy atom. The number of halogens is 1. The van der Waals surface area contributed by atoms with Gasteiger partial charge in [0.05, 0.1) is 12.5 Å². The fourth-order valence-corrected chi connectivity index (χ4v) is 2.65. The summed E-state index contributed by atoms with van der Waals surface area (Å²) in [7, 11) is 1.72. The second-order valence-corrected chi connectivity index (χ2v) is 5.99. The first-order chi connectivity index (χ1) is 11.5. The first kappa shape index (κ1) is 17.8. The summed E-state index contributed by atoms with van der Waals surface area (Å²) in [6.07, 6.45) is 0.129. The van der Waals surface area contributed by atoms with Gasteiger partial charge in [0.1, 0.15) is 0 Å². The summed E-state index contributed by atoms with van der Waals surface area (Å²) in [4.78, 5) is 25.3. The zero-order chi connectivity index (χ0) is 17.5. The summed E-state index contributed by atoms with van der Waals surface area (Å²) in [5.74, 6) is -0.0995. The lowest BCUT2D eigenvalue weighted by Gasteiger charge is -2.22. The molecule has 0 bridgehead atoms. The fourth-order valence-electron chi connectivity index (χ4n) is 2.44. The lowest BCUT2D eigenvalue weighted by atomic mass is 10.0. The summed E-state index contributed by atoms with van der Waals surface area (Å²) < 4.78 is 0. The van der Waals surface area contributed by atoms with Crippen molar-refractivity contribution >= 4 is 23.5 Å². The minimum absolute atomic E-state index is 0.0995.